The zero-order valence-electron chi connectivity index (χ0n) is 18.2. The fourth-order valence-electron chi connectivity index (χ4n) is 3.94. The number of ether oxygens (including phenoxy) is 1. The van der Waals surface area contributed by atoms with Gasteiger partial charge in [0.05, 0.1) is 21.0 Å². The molecule has 3 heterocycles. The van der Waals surface area contributed by atoms with Crippen molar-refractivity contribution in [1.82, 2.24) is 3.97 Å². The number of hydrogen-bond acceptors (Lipinski definition) is 7. The monoisotopic (exact) mass is 554 g/mol. The van der Waals surface area contributed by atoms with E-state index >= 15 is 0 Å². The lowest BCUT2D eigenvalue weighted by molar-refractivity contribution is -0.139. The van der Waals surface area contributed by atoms with Gasteiger partial charge in [-0.1, -0.05) is 17.7 Å². The zero-order valence-corrected chi connectivity index (χ0v) is 21.4. The van der Waals surface area contributed by atoms with Gasteiger partial charge in [-0.05, 0) is 59.3 Å². The largest absolute Gasteiger partial charge is 0.482 e. The van der Waals surface area contributed by atoms with Crippen LogP contribution in [0.15, 0.2) is 76.3 Å². The molecule has 0 amide bonds. The molecule has 0 fully saturated rings. The third-order valence-electron chi connectivity index (χ3n) is 5.40. The topological polar surface area (TPSA) is 109 Å². The van der Waals surface area contributed by atoms with Crippen LogP contribution < -0.4 is 4.74 Å². The fraction of sp³-hybridized carbons (Fsp3) is 0.0400. The number of carboxylic acids is 1. The van der Waals surface area contributed by atoms with Crippen molar-refractivity contribution < 1.29 is 23.1 Å². The molecule has 3 aromatic heterocycles. The zero-order chi connectivity index (χ0) is 25.4. The van der Waals surface area contributed by atoms with E-state index in [1.165, 1.54) is 57.0 Å². The molecule has 0 radical (unpaired) electrons. The van der Waals surface area contributed by atoms with Crippen molar-refractivity contribution in [2.45, 2.75) is 4.90 Å². The highest BCUT2D eigenvalue weighted by Gasteiger charge is 2.30. The summed E-state index contributed by atoms with van der Waals surface area (Å²) < 4.78 is 34.8. The molecule has 2 aromatic carbocycles. The van der Waals surface area contributed by atoms with Crippen LogP contribution in [0.2, 0.25) is 5.02 Å². The van der Waals surface area contributed by atoms with Gasteiger partial charge in [0.1, 0.15) is 16.7 Å². The molecule has 0 aliphatic carbocycles. The van der Waals surface area contributed by atoms with Gasteiger partial charge in [-0.3, -0.25) is 0 Å². The van der Waals surface area contributed by atoms with E-state index in [1.807, 2.05) is 17.5 Å². The van der Waals surface area contributed by atoms with Crippen molar-refractivity contribution in [2.75, 3.05) is 6.61 Å². The third kappa shape index (κ3) is 4.16. The molecule has 1 N–H and O–H groups in total. The lowest BCUT2D eigenvalue weighted by atomic mass is 10.0. The van der Waals surface area contributed by atoms with Crippen molar-refractivity contribution in [1.29, 1.82) is 5.26 Å². The molecule has 0 spiro atoms. The fourth-order valence-corrected chi connectivity index (χ4v) is 7.11. The predicted molar refractivity (Wildman–Crippen MR) is 140 cm³/mol. The van der Waals surface area contributed by atoms with E-state index in [0.717, 1.165) is 0 Å². The number of rotatable bonds is 7. The summed E-state index contributed by atoms with van der Waals surface area (Å²) in [6.45, 7) is -0.579. The minimum absolute atomic E-state index is 0.0239. The van der Waals surface area contributed by atoms with Crippen LogP contribution >= 0.6 is 34.3 Å². The molecule has 36 heavy (non-hydrogen) atoms. The Bertz CT molecular complexity index is 1750. The second kappa shape index (κ2) is 9.44. The second-order valence-corrected chi connectivity index (χ2v) is 11.6. The molecule has 180 valence electrons. The maximum absolute atomic E-state index is 14.1. The van der Waals surface area contributed by atoms with Gasteiger partial charge in [0.25, 0.3) is 10.0 Å². The molecule has 0 atom stereocenters. The number of hydrogen-bond donors (Lipinski definition) is 1. The highest BCUT2D eigenvalue weighted by Crippen LogP contribution is 2.46. The summed E-state index contributed by atoms with van der Waals surface area (Å²) in [6, 6.07) is 18.3. The highest BCUT2D eigenvalue weighted by molar-refractivity contribution is 7.90. The summed E-state index contributed by atoms with van der Waals surface area (Å²) in [5.41, 5.74) is 1.90. The van der Waals surface area contributed by atoms with Crippen LogP contribution in [0.3, 0.4) is 0 Å². The first-order valence-electron chi connectivity index (χ1n) is 10.4. The van der Waals surface area contributed by atoms with Crippen LogP contribution in [0.4, 0.5) is 0 Å². The number of halogens is 1. The Balaban J connectivity index is 1.91. The Morgan fingerprint density at radius 1 is 1.08 bits per heavy atom. The molecule has 5 aromatic rings. The second-order valence-electron chi connectivity index (χ2n) is 7.56. The number of benzene rings is 2. The molecule has 11 heteroatoms. The van der Waals surface area contributed by atoms with Crippen LogP contribution in [0, 0.1) is 11.3 Å². The molecule has 0 aliphatic heterocycles. The molecule has 0 aliphatic rings. The average molecular weight is 555 g/mol. The lowest BCUT2D eigenvalue weighted by Gasteiger charge is -2.13. The molecule has 7 nitrogen and oxygen atoms in total. The summed E-state index contributed by atoms with van der Waals surface area (Å²) >= 11 is 8.64. The molecular formula is C25H15ClN2O5S3. The first kappa shape index (κ1) is 24.1. The smallest absolute Gasteiger partial charge is 0.341 e. The molecule has 0 unspecified atom stereocenters. The van der Waals surface area contributed by atoms with Crippen molar-refractivity contribution in [3.63, 3.8) is 0 Å². The maximum Gasteiger partial charge on any atom is 0.341 e. The number of carbonyl (C=O) groups is 1. The Hall–Kier alpha value is -3.62. The number of nitrogens with zero attached hydrogens (tertiary/aromatic N) is 2. The summed E-state index contributed by atoms with van der Waals surface area (Å²) in [4.78, 5) is 12.2. The van der Waals surface area contributed by atoms with Crippen molar-refractivity contribution in [3.8, 4) is 33.5 Å². The van der Waals surface area contributed by atoms with Crippen molar-refractivity contribution in [2.24, 2.45) is 0 Å². The normalized spacial score (nSPS) is 11.4. The number of nitriles is 1. The van der Waals surface area contributed by atoms with Gasteiger partial charge in [0, 0.05) is 27.6 Å². The van der Waals surface area contributed by atoms with Gasteiger partial charge in [0.2, 0.25) is 0 Å². The van der Waals surface area contributed by atoms with E-state index < -0.39 is 22.6 Å². The van der Waals surface area contributed by atoms with Crippen LogP contribution in [-0.2, 0) is 14.8 Å². The first-order chi connectivity index (χ1) is 17.3. The minimum Gasteiger partial charge on any atom is -0.482 e. The van der Waals surface area contributed by atoms with E-state index in [2.05, 4.69) is 6.07 Å². The van der Waals surface area contributed by atoms with Gasteiger partial charge in [-0.25, -0.2) is 17.2 Å². The van der Waals surface area contributed by atoms with Crippen LogP contribution in [-0.4, -0.2) is 30.1 Å². The summed E-state index contributed by atoms with van der Waals surface area (Å²) in [5, 5.41) is 23.4. The Kier molecular flexibility index (Phi) is 6.32. The van der Waals surface area contributed by atoms with Gasteiger partial charge in [-0.15, -0.1) is 22.7 Å². The number of aromatic nitrogens is 1. The predicted octanol–water partition coefficient (Wildman–Crippen LogP) is 6.32. The minimum atomic E-state index is -4.16. The Morgan fingerprint density at radius 3 is 2.53 bits per heavy atom. The Morgan fingerprint density at radius 2 is 1.86 bits per heavy atom. The number of thiophene rings is 2. The number of aliphatic carboxylic acids is 1. The molecule has 0 saturated heterocycles. The summed E-state index contributed by atoms with van der Waals surface area (Å²) in [6.07, 6.45) is 0. The van der Waals surface area contributed by atoms with E-state index in [1.54, 1.807) is 23.6 Å². The molecule has 5 rings (SSSR count). The first-order valence-corrected chi connectivity index (χ1v) is 13.9. The van der Waals surface area contributed by atoms with E-state index in [9.17, 15) is 18.5 Å². The van der Waals surface area contributed by atoms with E-state index in [4.69, 9.17) is 21.4 Å². The summed E-state index contributed by atoms with van der Waals surface area (Å²) in [7, 11) is -4.16. The van der Waals surface area contributed by atoms with Crippen molar-refractivity contribution in [3.05, 3.63) is 81.3 Å². The van der Waals surface area contributed by atoms with Gasteiger partial charge >= 0.3 is 5.97 Å². The van der Waals surface area contributed by atoms with Crippen LogP contribution in [0.5, 0.6) is 5.75 Å². The van der Waals surface area contributed by atoms with Gasteiger partial charge < -0.3 is 9.84 Å². The third-order valence-corrected chi connectivity index (χ3v) is 9.08. The van der Waals surface area contributed by atoms with E-state index in [0.29, 0.717) is 42.5 Å². The van der Waals surface area contributed by atoms with Gasteiger partial charge in [-0.2, -0.15) is 5.26 Å². The average Bonchev–Trinajstić information content (AvgIpc) is 3.60. The number of fused-ring (bicyclic) bond motifs is 1. The standard InChI is InChI=1S/C25H15ClN2O5S3/c26-15-3-6-17(7-4-15)36(31,32)28-20-12-16(33-14-23(29)30)5-8-18(20)24(19-9-11-35-22(19)13-27)25(28)21-2-1-10-34-21/h1-12H,14H2,(H,29,30). The quantitative estimate of drug-likeness (QED) is 0.252. The van der Waals surface area contributed by atoms with Gasteiger partial charge in [0.15, 0.2) is 6.61 Å². The molecular weight excluding hydrogens is 540 g/mol. The molecule has 0 bridgehead atoms. The maximum atomic E-state index is 14.1. The SMILES string of the molecule is N#Cc1sccc1-c1c(-c2cccs2)n(S(=O)(=O)c2ccc(Cl)cc2)c2cc(OCC(=O)O)ccc12. The van der Waals surface area contributed by atoms with Crippen LogP contribution in [0.1, 0.15) is 4.88 Å². The molecule has 0 saturated carbocycles. The van der Waals surface area contributed by atoms with Crippen LogP contribution in [0.25, 0.3) is 32.6 Å². The Labute approximate surface area is 219 Å². The van der Waals surface area contributed by atoms with Crippen molar-refractivity contribution >= 4 is 61.2 Å². The lowest BCUT2D eigenvalue weighted by Crippen LogP contribution is -2.14. The number of carboxylic acid groups (broad SMARTS) is 1. The highest BCUT2D eigenvalue weighted by atomic mass is 35.5. The summed E-state index contributed by atoms with van der Waals surface area (Å²) in [5.74, 6) is -0.957. The van der Waals surface area contributed by atoms with E-state index in [-0.39, 0.29) is 10.6 Å².